The Balaban J connectivity index is 2.00. The van der Waals surface area contributed by atoms with Gasteiger partial charge in [-0.25, -0.2) is 12.8 Å². The fourth-order valence-corrected chi connectivity index (χ4v) is 3.00. The molecule has 0 spiro atoms. The summed E-state index contributed by atoms with van der Waals surface area (Å²) < 4.78 is 36.6. The van der Waals surface area contributed by atoms with Crippen molar-refractivity contribution in [2.24, 2.45) is 0 Å². The average Bonchev–Trinajstić information content (AvgIpc) is 2.46. The molecule has 1 heterocycles. The number of carbonyl (C=O) groups excluding carboxylic acids is 1. The van der Waals surface area contributed by atoms with Gasteiger partial charge in [0.1, 0.15) is 12.0 Å². The number of sulfone groups is 1. The molecule has 0 aromatic heterocycles. The van der Waals surface area contributed by atoms with Gasteiger partial charge in [0.15, 0.2) is 9.84 Å². The van der Waals surface area contributed by atoms with E-state index < -0.39 is 21.8 Å². The smallest absolute Gasteiger partial charge is 0.255 e. The molecule has 0 bridgehead atoms. The molecule has 3 rings (SSSR count). The highest BCUT2D eigenvalue weighted by Crippen LogP contribution is 2.28. The number of hydrogen-bond donors (Lipinski definition) is 2. The highest BCUT2D eigenvalue weighted by atomic mass is 32.2. The predicted octanol–water partition coefficient (Wildman–Crippen LogP) is 2.08. The van der Waals surface area contributed by atoms with Crippen LogP contribution in [0, 0.1) is 5.82 Å². The topological polar surface area (TPSA) is 75.3 Å². The number of rotatable bonds is 2. The molecule has 2 aromatic rings. The van der Waals surface area contributed by atoms with E-state index in [0.29, 0.717) is 16.8 Å². The summed E-state index contributed by atoms with van der Waals surface area (Å²) in [4.78, 5) is 12.2. The van der Waals surface area contributed by atoms with Gasteiger partial charge in [-0.15, -0.1) is 0 Å². The second kappa shape index (κ2) is 5.10. The second-order valence-corrected chi connectivity index (χ2v) is 7.10. The minimum Gasteiger partial charge on any atom is -0.361 e. The third kappa shape index (κ3) is 2.67. The van der Waals surface area contributed by atoms with Crippen LogP contribution in [0.2, 0.25) is 0 Å². The summed E-state index contributed by atoms with van der Waals surface area (Å²) in [5, 5.41) is 5.72. The second-order valence-electron chi connectivity index (χ2n) is 5.09. The van der Waals surface area contributed by atoms with Gasteiger partial charge in [0.05, 0.1) is 16.1 Å². The lowest BCUT2D eigenvalue weighted by Gasteiger charge is -2.28. The SMILES string of the molecule is CS(=O)(=O)c1cccc(C2NC(=O)c3ccc(F)cc3N2)c1. The quantitative estimate of drug-likeness (QED) is 0.888. The van der Waals surface area contributed by atoms with Crippen LogP contribution < -0.4 is 10.6 Å². The lowest BCUT2D eigenvalue weighted by molar-refractivity contribution is 0.0935. The van der Waals surface area contributed by atoms with E-state index in [0.717, 1.165) is 6.26 Å². The van der Waals surface area contributed by atoms with Crippen LogP contribution in [0.5, 0.6) is 0 Å². The van der Waals surface area contributed by atoms with Crippen LogP contribution in [-0.2, 0) is 9.84 Å². The summed E-state index contributed by atoms with van der Waals surface area (Å²) in [5.41, 5.74) is 1.29. The van der Waals surface area contributed by atoms with Crippen molar-refractivity contribution in [3.8, 4) is 0 Å². The van der Waals surface area contributed by atoms with E-state index >= 15 is 0 Å². The minimum atomic E-state index is -3.35. The van der Waals surface area contributed by atoms with Gasteiger partial charge in [-0.05, 0) is 35.9 Å². The van der Waals surface area contributed by atoms with E-state index in [1.807, 2.05) is 0 Å². The van der Waals surface area contributed by atoms with Crippen molar-refractivity contribution in [2.45, 2.75) is 11.1 Å². The Morgan fingerprint density at radius 2 is 1.86 bits per heavy atom. The third-order valence-electron chi connectivity index (χ3n) is 3.42. The Bertz CT molecular complexity index is 865. The maximum Gasteiger partial charge on any atom is 0.255 e. The summed E-state index contributed by atoms with van der Waals surface area (Å²) in [7, 11) is -3.35. The number of benzene rings is 2. The molecule has 2 N–H and O–H groups in total. The van der Waals surface area contributed by atoms with E-state index in [1.165, 1.54) is 30.3 Å². The lowest BCUT2D eigenvalue weighted by Crippen LogP contribution is -2.38. The van der Waals surface area contributed by atoms with Gasteiger partial charge in [0.2, 0.25) is 0 Å². The fourth-order valence-electron chi connectivity index (χ4n) is 2.33. The van der Waals surface area contributed by atoms with Gasteiger partial charge in [-0.2, -0.15) is 0 Å². The van der Waals surface area contributed by atoms with Crippen molar-refractivity contribution in [1.82, 2.24) is 5.32 Å². The molecule has 0 radical (unpaired) electrons. The van der Waals surface area contributed by atoms with Gasteiger partial charge in [-0.3, -0.25) is 4.79 Å². The van der Waals surface area contributed by atoms with E-state index in [-0.39, 0.29) is 10.8 Å². The molecule has 1 atom stereocenters. The Morgan fingerprint density at radius 1 is 1.09 bits per heavy atom. The van der Waals surface area contributed by atoms with Crippen LogP contribution in [-0.4, -0.2) is 20.6 Å². The summed E-state index contributed by atoms with van der Waals surface area (Å²) >= 11 is 0. The molecule has 1 amide bonds. The Kier molecular flexibility index (Phi) is 3.37. The van der Waals surface area contributed by atoms with E-state index in [2.05, 4.69) is 10.6 Å². The molecule has 0 saturated heterocycles. The molecule has 0 saturated carbocycles. The number of halogens is 1. The first-order valence-corrected chi connectivity index (χ1v) is 8.41. The summed E-state index contributed by atoms with van der Waals surface area (Å²) in [6, 6.07) is 10.1. The van der Waals surface area contributed by atoms with Crippen molar-refractivity contribution in [2.75, 3.05) is 11.6 Å². The standard InChI is InChI=1S/C15H13FN2O3S/c1-22(20,21)11-4-2-3-9(7-11)14-17-13-8-10(16)5-6-12(13)15(19)18-14/h2-8,14,17H,1H3,(H,18,19). The zero-order valence-electron chi connectivity index (χ0n) is 11.6. The molecule has 22 heavy (non-hydrogen) atoms. The molecule has 1 unspecified atom stereocenters. The number of anilines is 1. The lowest BCUT2D eigenvalue weighted by atomic mass is 10.1. The zero-order chi connectivity index (χ0) is 15.9. The first-order valence-electron chi connectivity index (χ1n) is 6.51. The van der Waals surface area contributed by atoms with Gasteiger partial charge in [0.25, 0.3) is 5.91 Å². The Morgan fingerprint density at radius 3 is 2.59 bits per heavy atom. The molecule has 0 aliphatic carbocycles. The molecule has 2 aromatic carbocycles. The maximum atomic E-state index is 13.3. The van der Waals surface area contributed by atoms with Gasteiger partial charge >= 0.3 is 0 Å². The fraction of sp³-hybridized carbons (Fsp3) is 0.133. The minimum absolute atomic E-state index is 0.158. The van der Waals surface area contributed by atoms with Gasteiger partial charge in [-0.1, -0.05) is 12.1 Å². The van der Waals surface area contributed by atoms with Crippen LogP contribution in [0.25, 0.3) is 0 Å². The first-order chi connectivity index (χ1) is 10.3. The first kappa shape index (κ1) is 14.5. The normalized spacial score (nSPS) is 17.4. The van der Waals surface area contributed by atoms with Crippen molar-refractivity contribution < 1.29 is 17.6 Å². The number of carbonyl (C=O) groups is 1. The van der Waals surface area contributed by atoms with Crippen molar-refractivity contribution in [3.63, 3.8) is 0 Å². The number of nitrogens with one attached hydrogen (secondary N) is 2. The highest BCUT2D eigenvalue weighted by molar-refractivity contribution is 7.90. The summed E-state index contributed by atoms with van der Waals surface area (Å²) in [6.45, 7) is 0. The molecule has 0 fully saturated rings. The van der Waals surface area contributed by atoms with Crippen LogP contribution >= 0.6 is 0 Å². The Labute approximate surface area is 127 Å². The van der Waals surface area contributed by atoms with Crippen molar-refractivity contribution >= 4 is 21.4 Å². The predicted molar refractivity (Wildman–Crippen MR) is 79.8 cm³/mol. The van der Waals surface area contributed by atoms with E-state index in [9.17, 15) is 17.6 Å². The van der Waals surface area contributed by atoms with Crippen LogP contribution in [0.3, 0.4) is 0 Å². The van der Waals surface area contributed by atoms with Gasteiger partial charge in [0, 0.05) is 6.26 Å². The van der Waals surface area contributed by atoms with Gasteiger partial charge < -0.3 is 10.6 Å². The number of hydrogen-bond acceptors (Lipinski definition) is 4. The number of amides is 1. The molecule has 7 heteroatoms. The summed E-state index contributed by atoms with van der Waals surface area (Å²) in [5.74, 6) is -0.798. The van der Waals surface area contributed by atoms with E-state index in [1.54, 1.807) is 12.1 Å². The molecule has 114 valence electrons. The van der Waals surface area contributed by atoms with Crippen molar-refractivity contribution in [3.05, 3.63) is 59.4 Å². The molecule has 1 aliphatic rings. The van der Waals surface area contributed by atoms with Crippen LogP contribution in [0.1, 0.15) is 22.1 Å². The monoisotopic (exact) mass is 320 g/mol. The van der Waals surface area contributed by atoms with Crippen molar-refractivity contribution in [1.29, 1.82) is 0 Å². The third-order valence-corrected chi connectivity index (χ3v) is 4.53. The van der Waals surface area contributed by atoms with E-state index in [4.69, 9.17) is 0 Å². The molecular weight excluding hydrogens is 307 g/mol. The molecule has 5 nitrogen and oxygen atoms in total. The maximum absolute atomic E-state index is 13.3. The summed E-state index contributed by atoms with van der Waals surface area (Å²) in [6.07, 6.45) is 0.493. The number of fused-ring (bicyclic) bond motifs is 1. The average molecular weight is 320 g/mol. The molecule has 1 aliphatic heterocycles. The molecular formula is C15H13FN2O3S. The Hall–Kier alpha value is -2.41. The van der Waals surface area contributed by atoms with Crippen LogP contribution in [0.15, 0.2) is 47.4 Å². The highest BCUT2D eigenvalue weighted by Gasteiger charge is 2.25. The van der Waals surface area contributed by atoms with Crippen LogP contribution in [0.4, 0.5) is 10.1 Å². The largest absolute Gasteiger partial charge is 0.361 e. The zero-order valence-corrected chi connectivity index (χ0v) is 12.4.